The average molecular weight is 304 g/mol. The Kier molecular flexibility index (Phi) is 3.53. The van der Waals surface area contributed by atoms with Gasteiger partial charge in [0, 0.05) is 26.2 Å². The molecule has 3 saturated heterocycles. The third kappa shape index (κ3) is 2.24. The molecule has 0 spiro atoms. The van der Waals surface area contributed by atoms with Crippen LogP contribution in [0.15, 0.2) is 0 Å². The van der Waals surface area contributed by atoms with Crippen LogP contribution in [0.3, 0.4) is 0 Å². The molecule has 0 N–H and O–H groups in total. The first-order valence-corrected chi connectivity index (χ1v) is 7.98. The van der Waals surface area contributed by atoms with Gasteiger partial charge in [-0.25, -0.2) is 0 Å². The summed E-state index contributed by atoms with van der Waals surface area (Å²) in [6, 6.07) is 0. The lowest BCUT2D eigenvalue weighted by Gasteiger charge is -2.36. The maximum atomic E-state index is 12.5. The second-order valence-corrected chi connectivity index (χ2v) is 7.05. The van der Waals surface area contributed by atoms with Crippen LogP contribution >= 0.6 is 0 Å². The maximum absolute atomic E-state index is 12.5. The van der Waals surface area contributed by atoms with Crippen LogP contribution in [-0.2, 0) is 29.3 Å². The number of carbonyl (C=O) groups excluding carboxylic acids is 2. The smallest absolute Gasteiger partial charge is 0.318 e. The fourth-order valence-corrected chi connectivity index (χ4v) is 4.47. The van der Waals surface area contributed by atoms with Crippen LogP contribution in [0, 0.1) is 11.8 Å². The van der Waals surface area contributed by atoms with E-state index in [1.165, 1.54) is 8.61 Å². The van der Waals surface area contributed by atoms with Crippen molar-refractivity contribution < 1.29 is 27.5 Å². The topological polar surface area (TPSA) is 93.2 Å². The largest absolute Gasteiger partial charge is 0.393 e. The minimum Gasteiger partial charge on any atom is -0.393 e. The Labute approximate surface area is 116 Å². The summed E-state index contributed by atoms with van der Waals surface area (Å²) in [5.41, 5.74) is 0. The zero-order valence-electron chi connectivity index (χ0n) is 10.9. The number of carbonyl (C=O) groups is 2. The van der Waals surface area contributed by atoms with E-state index in [2.05, 4.69) is 4.74 Å². The third-order valence-electron chi connectivity index (χ3n) is 4.00. The fourth-order valence-electron chi connectivity index (χ4n) is 2.84. The lowest BCUT2D eigenvalue weighted by atomic mass is 9.89. The molecule has 3 fully saturated rings. The molecule has 3 aliphatic rings. The molecule has 0 radical (unpaired) electrons. The molecule has 3 rings (SSSR count). The Balaban J connectivity index is 1.75. The number of cyclic esters (lactones) is 2. The number of nitrogens with zero attached hydrogens (tertiary/aromatic N) is 2. The summed E-state index contributed by atoms with van der Waals surface area (Å²) >= 11 is 0. The van der Waals surface area contributed by atoms with Crippen LogP contribution in [0.1, 0.15) is 6.42 Å². The summed E-state index contributed by atoms with van der Waals surface area (Å²) in [6.45, 7) is 1.64. The minimum atomic E-state index is -3.60. The molecule has 0 aromatic rings. The van der Waals surface area contributed by atoms with Gasteiger partial charge in [0.15, 0.2) is 0 Å². The summed E-state index contributed by atoms with van der Waals surface area (Å²) in [5, 5.41) is 0. The molecule has 3 heterocycles. The minimum absolute atomic E-state index is 0.0227. The molecule has 9 heteroatoms. The second-order valence-electron chi connectivity index (χ2n) is 5.12. The van der Waals surface area contributed by atoms with Crippen LogP contribution in [-0.4, -0.2) is 68.4 Å². The van der Waals surface area contributed by atoms with Crippen molar-refractivity contribution in [2.75, 3.05) is 39.4 Å². The molecule has 0 aromatic heterocycles. The van der Waals surface area contributed by atoms with Crippen LogP contribution in [0.4, 0.5) is 0 Å². The second kappa shape index (κ2) is 5.06. The van der Waals surface area contributed by atoms with E-state index in [0.29, 0.717) is 32.7 Å². The number of rotatable bonds is 2. The van der Waals surface area contributed by atoms with Gasteiger partial charge in [0.1, 0.15) is 0 Å². The van der Waals surface area contributed by atoms with Gasteiger partial charge in [-0.15, -0.1) is 0 Å². The van der Waals surface area contributed by atoms with Crippen LogP contribution in [0.5, 0.6) is 0 Å². The first-order chi connectivity index (χ1) is 9.50. The lowest BCUT2D eigenvalue weighted by molar-refractivity contribution is -0.153. The van der Waals surface area contributed by atoms with E-state index in [0.717, 1.165) is 0 Å². The van der Waals surface area contributed by atoms with Crippen molar-refractivity contribution in [2.24, 2.45) is 11.8 Å². The van der Waals surface area contributed by atoms with Gasteiger partial charge in [-0.3, -0.25) is 9.59 Å². The molecule has 0 aromatic carbocycles. The van der Waals surface area contributed by atoms with Gasteiger partial charge >= 0.3 is 11.9 Å². The number of fused-ring (bicyclic) bond motifs is 1. The van der Waals surface area contributed by atoms with Gasteiger partial charge in [0.2, 0.25) is 0 Å². The molecular weight excluding hydrogens is 288 g/mol. The standard InChI is InChI=1S/C11H16N2O6S/c14-10-8-1-2-13(7-9(8)11(15)19-10)20(16,17)12-3-5-18-6-4-12/h8-9H,1-7H2. The van der Waals surface area contributed by atoms with E-state index in [9.17, 15) is 18.0 Å². The summed E-state index contributed by atoms with van der Waals surface area (Å²) in [4.78, 5) is 23.0. The van der Waals surface area contributed by atoms with Crippen molar-refractivity contribution in [1.82, 2.24) is 8.61 Å². The van der Waals surface area contributed by atoms with E-state index >= 15 is 0 Å². The molecule has 0 saturated carbocycles. The van der Waals surface area contributed by atoms with Gasteiger partial charge in [0.25, 0.3) is 10.2 Å². The Bertz CT molecular complexity index is 527. The fraction of sp³-hybridized carbons (Fsp3) is 0.818. The van der Waals surface area contributed by atoms with Crippen LogP contribution < -0.4 is 0 Å². The number of morpholine rings is 1. The Morgan fingerprint density at radius 2 is 1.60 bits per heavy atom. The van der Waals surface area contributed by atoms with Crippen molar-refractivity contribution in [3.63, 3.8) is 0 Å². The summed E-state index contributed by atoms with van der Waals surface area (Å²) in [6.07, 6.45) is 0.332. The number of hydrogen-bond acceptors (Lipinski definition) is 6. The predicted molar refractivity (Wildman–Crippen MR) is 65.6 cm³/mol. The molecule has 8 nitrogen and oxygen atoms in total. The van der Waals surface area contributed by atoms with Crippen molar-refractivity contribution in [3.8, 4) is 0 Å². The Morgan fingerprint density at radius 3 is 2.30 bits per heavy atom. The van der Waals surface area contributed by atoms with E-state index in [1.807, 2.05) is 0 Å². The van der Waals surface area contributed by atoms with Crippen LogP contribution in [0.25, 0.3) is 0 Å². The van der Waals surface area contributed by atoms with E-state index in [1.54, 1.807) is 0 Å². The summed E-state index contributed by atoms with van der Waals surface area (Å²) < 4.78 is 37.3. The van der Waals surface area contributed by atoms with E-state index in [-0.39, 0.29) is 13.1 Å². The Morgan fingerprint density at radius 1 is 0.950 bits per heavy atom. The van der Waals surface area contributed by atoms with Crippen LogP contribution in [0.2, 0.25) is 0 Å². The van der Waals surface area contributed by atoms with E-state index in [4.69, 9.17) is 4.74 Å². The normalized spacial score (nSPS) is 33.0. The highest BCUT2D eigenvalue weighted by Crippen LogP contribution is 2.33. The maximum Gasteiger partial charge on any atom is 0.318 e. The summed E-state index contributed by atoms with van der Waals surface area (Å²) in [5.74, 6) is -2.28. The van der Waals surface area contributed by atoms with Gasteiger partial charge < -0.3 is 9.47 Å². The third-order valence-corrected chi connectivity index (χ3v) is 6.01. The van der Waals surface area contributed by atoms with Crippen molar-refractivity contribution in [1.29, 1.82) is 0 Å². The molecule has 112 valence electrons. The van der Waals surface area contributed by atoms with Gasteiger partial charge in [-0.05, 0) is 6.42 Å². The highest BCUT2D eigenvalue weighted by Gasteiger charge is 2.50. The molecule has 3 aliphatic heterocycles. The van der Waals surface area contributed by atoms with E-state index < -0.39 is 34.0 Å². The lowest BCUT2D eigenvalue weighted by Crippen LogP contribution is -2.53. The highest BCUT2D eigenvalue weighted by molar-refractivity contribution is 7.86. The zero-order chi connectivity index (χ0) is 14.3. The van der Waals surface area contributed by atoms with Crippen molar-refractivity contribution in [2.45, 2.75) is 6.42 Å². The molecule has 20 heavy (non-hydrogen) atoms. The van der Waals surface area contributed by atoms with Gasteiger partial charge in [0.05, 0.1) is 25.0 Å². The molecule has 0 amide bonds. The quantitative estimate of drug-likeness (QED) is 0.459. The molecule has 2 atom stereocenters. The van der Waals surface area contributed by atoms with Gasteiger partial charge in [-0.1, -0.05) is 0 Å². The summed E-state index contributed by atoms with van der Waals surface area (Å²) in [7, 11) is -3.60. The van der Waals surface area contributed by atoms with Crippen molar-refractivity contribution in [3.05, 3.63) is 0 Å². The van der Waals surface area contributed by atoms with Crippen molar-refractivity contribution >= 4 is 22.1 Å². The zero-order valence-corrected chi connectivity index (χ0v) is 11.7. The average Bonchev–Trinajstić information content (AvgIpc) is 2.75. The molecule has 0 aliphatic carbocycles. The molecule has 2 unspecified atom stereocenters. The van der Waals surface area contributed by atoms with Gasteiger partial charge in [-0.2, -0.15) is 17.0 Å². The number of hydrogen-bond donors (Lipinski definition) is 0. The molecular formula is C11H16N2O6S. The number of piperidine rings is 1. The number of ether oxygens (including phenoxy) is 2. The molecule has 0 bridgehead atoms. The predicted octanol–water partition coefficient (Wildman–Crippen LogP) is -1.42. The highest BCUT2D eigenvalue weighted by atomic mass is 32.2. The number of esters is 2. The SMILES string of the molecule is O=C1OC(=O)C2CN(S(=O)(=O)N3CCOCC3)CCC12. The monoisotopic (exact) mass is 304 g/mol. The first kappa shape index (κ1) is 13.9. The first-order valence-electron chi connectivity index (χ1n) is 6.58. The Hall–Kier alpha value is -1.03.